The van der Waals surface area contributed by atoms with Crippen LogP contribution in [-0.4, -0.2) is 20.5 Å². The first-order valence-electron chi connectivity index (χ1n) is 8.06. The first-order chi connectivity index (χ1) is 12.1. The van der Waals surface area contributed by atoms with Crippen LogP contribution < -0.4 is 0 Å². The number of nitrogens with zero attached hydrogens (tertiary/aromatic N) is 3. The van der Waals surface area contributed by atoms with Crippen LogP contribution in [0.2, 0.25) is 4.34 Å². The Morgan fingerprint density at radius 1 is 1.28 bits per heavy atom. The van der Waals surface area contributed by atoms with Gasteiger partial charge in [0.25, 0.3) is 0 Å². The predicted octanol–water partition coefficient (Wildman–Crippen LogP) is 4.89. The molecule has 3 rings (SSSR count). The molecule has 0 aliphatic carbocycles. The number of fused-ring (bicyclic) bond motifs is 1. The number of hydrogen-bond acceptors (Lipinski definition) is 7. The van der Waals surface area contributed by atoms with Crippen molar-refractivity contribution < 1.29 is 9.53 Å². The Balaban J connectivity index is 1.77. The molecule has 8 heteroatoms. The Morgan fingerprint density at radius 3 is 2.68 bits per heavy atom. The topological polar surface area (TPSA) is 65.0 Å². The molecule has 0 N–H and O–H groups in total. The molecule has 0 radical (unpaired) electrons. The summed E-state index contributed by atoms with van der Waals surface area (Å²) in [5.74, 6) is -0.235. The summed E-state index contributed by atoms with van der Waals surface area (Å²) in [6, 6.07) is 8.01. The lowest BCUT2D eigenvalue weighted by Gasteiger charge is -2.28. The normalized spacial score (nSPS) is 11.8. The minimum atomic E-state index is -0.593. The lowest BCUT2D eigenvalue weighted by Crippen LogP contribution is -2.34. The molecule has 0 spiro atoms. The van der Waals surface area contributed by atoms with Crippen molar-refractivity contribution in [1.29, 1.82) is 0 Å². The molecule has 5 nitrogen and oxygen atoms in total. The Labute approximate surface area is 159 Å². The van der Waals surface area contributed by atoms with Crippen LogP contribution in [0, 0.1) is 5.41 Å². The standard InChI is InChI=1S/C17H18ClN3O2S2/c1-3-17(4-2,16(22)23-10-12-15(18)25-21-20-12)9-14-19-11-7-5-6-8-13(11)24-14/h5-8H,3-4,9-10H2,1-2H3. The van der Waals surface area contributed by atoms with Gasteiger partial charge in [0, 0.05) is 18.0 Å². The molecule has 0 aliphatic heterocycles. The third-order valence-electron chi connectivity index (χ3n) is 4.46. The van der Waals surface area contributed by atoms with Gasteiger partial charge in [-0.15, -0.1) is 16.4 Å². The second-order valence-corrected chi connectivity index (χ2v) is 8.28. The fraction of sp³-hybridized carbons (Fsp3) is 0.412. The van der Waals surface area contributed by atoms with Gasteiger partial charge in [-0.1, -0.05) is 42.1 Å². The summed E-state index contributed by atoms with van der Waals surface area (Å²) < 4.78 is 10.9. The Bertz CT molecular complexity index is 841. The average molecular weight is 396 g/mol. The SMILES string of the molecule is CCC(CC)(Cc1nc2ccccc2s1)C(=O)OCc1nnsc1Cl. The highest BCUT2D eigenvalue weighted by molar-refractivity contribution is 7.18. The molecule has 0 unspecified atom stereocenters. The molecule has 0 bridgehead atoms. The number of hydrogen-bond donors (Lipinski definition) is 0. The van der Waals surface area contributed by atoms with E-state index >= 15 is 0 Å². The van der Waals surface area contributed by atoms with Gasteiger partial charge in [0.15, 0.2) is 0 Å². The molecule has 2 aromatic heterocycles. The van der Waals surface area contributed by atoms with Gasteiger partial charge < -0.3 is 4.74 Å². The zero-order valence-electron chi connectivity index (χ0n) is 14.0. The molecule has 0 fully saturated rings. The number of esters is 1. The molecule has 0 saturated heterocycles. The van der Waals surface area contributed by atoms with Crippen molar-refractivity contribution in [3.63, 3.8) is 0 Å². The molecular formula is C17H18ClN3O2S2. The van der Waals surface area contributed by atoms with Crippen LogP contribution in [0.3, 0.4) is 0 Å². The van der Waals surface area contributed by atoms with E-state index in [4.69, 9.17) is 16.3 Å². The zero-order valence-corrected chi connectivity index (χ0v) is 16.4. The summed E-state index contributed by atoms with van der Waals surface area (Å²) in [5.41, 5.74) is 0.877. The number of halogens is 1. The van der Waals surface area contributed by atoms with E-state index in [9.17, 15) is 4.79 Å². The van der Waals surface area contributed by atoms with Crippen LogP contribution in [0.25, 0.3) is 10.2 Å². The van der Waals surface area contributed by atoms with Crippen molar-refractivity contribution in [2.24, 2.45) is 5.41 Å². The number of carbonyl (C=O) groups excluding carboxylic acids is 1. The van der Waals surface area contributed by atoms with Gasteiger partial charge in [-0.25, -0.2) is 4.98 Å². The van der Waals surface area contributed by atoms with E-state index in [1.807, 2.05) is 38.1 Å². The summed E-state index contributed by atoms with van der Waals surface area (Å²) in [7, 11) is 0. The third-order valence-corrected chi connectivity index (χ3v) is 6.48. The molecule has 2 heterocycles. The summed E-state index contributed by atoms with van der Waals surface area (Å²) in [5, 5.41) is 4.84. The molecule has 0 aliphatic rings. The van der Waals surface area contributed by atoms with Crippen molar-refractivity contribution in [3.8, 4) is 0 Å². The van der Waals surface area contributed by atoms with Crippen LogP contribution in [-0.2, 0) is 22.6 Å². The number of para-hydroxylation sites is 1. The van der Waals surface area contributed by atoms with Crippen molar-refractivity contribution in [2.45, 2.75) is 39.7 Å². The molecular weight excluding hydrogens is 378 g/mol. The molecule has 1 aromatic carbocycles. The van der Waals surface area contributed by atoms with E-state index < -0.39 is 5.41 Å². The largest absolute Gasteiger partial charge is 0.459 e. The first kappa shape index (κ1) is 18.2. The van der Waals surface area contributed by atoms with Crippen LogP contribution in [0.5, 0.6) is 0 Å². The molecule has 0 amide bonds. The maximum absolute atomic E-state index is 12.8. The van der Waals surface area contributed by atoms with E-state index in [-0.39, 0.29) is 12.6 Å². The third kappa shape index (κ3) is 3.83. The summed E-state index contributed by atoms with van der Waals surface area (Å²) in [6.45, 7) is 4.07. The molecule has 0 atom stereocenters. The quantitative estimate of drug-likeness (QED) is 0.532. The van der Waals surface area contributed by atoms with Crippen molar-refractivity contribution in [1.82, 2.24) is 14.6 Å². The highest BCUT2D eigenvalue weighted by Crippen LogP contribution is 2.35. The fourth-order valence-electron chi connectivity index (χ4n) is 2.72. The Hall–Kier alpha value is -1.57. The van der Waals surface area contributed by atoms with Crippen molar-refractivity contribution >= 4 is 50.7 Å². The smallest absolute Gasteiger partial charge is 0.312 e. The minimum absolute atomic E-state index is 0.0514. The summed E-state index contributed by atoms with van der Waals surface area (Å²) in [4.78, 5) is 17.5. The Kier molecular flexibility index (Phi) is 5.66. The highest BCUT2D eigenvalue weighted by Gasteiger charge is 2.38. The lowest BCUT2D eigenvalue weighted by molar-refractivity contribution is -0.158. The number of aromatic nitrogens is 3. The van der Waals surface area contributed by atoms with Crippen LogP contribution in [0.4, 0.5) is 0 Å². The summed E-state index contributed by atoms with van der Waals surface area (Å²) >= 11 is 8.69. The Morgan fingerprint density at radius 2 is 2.04 bits per heavy atom. The number of rotatable bonds is 7. The van der Waals surface area contributed by atoms with E-state index in [1.54, 1.807) is 11.3 Å². The molecule has 3 aromatic rings. The first-order valence-corrected chi connectivity index (χ1v) is 10.0. The zero-order chi connectivity index (χ0) is 17.9. The second-order valence-electron chi connectivity index (χ2n) is 5.81. The van der Waals surface area contributed by atoms with Gasteiger partial charge in [-0.3, -0.25) is 4.79 Å². The van der Waals surface area contributed by atoms with E-state index in [0.717, 1.165) is 26.8 Å². The van der Waals surface area contributed by atoms with Crippen molar-refractivity contribution in [3.05, 3.63) is 39.3 Å². The van der Waals surface area contributed by atoms with Gasteiger partial charge >= 0.3 is 5.97 Å². The number of carbonyl (C=O) groups is 1. The van der Waals surface area contributed by atoms with Crippen LogP contribution in [0.15, 0.2) is 24.3 Å². The maximum atomic E-state index is 12.8. The molecule has 25 heavy (non-hydrogen) atoms. The molecule has 132 valence electrons. The van der Waals surface area contributed by atoms with Gasteiger partial charge in [-0.2, -0.15) is 0 Å². The highest BCUT2D eigenvalue weighted by atomic mass is 35.5. The van der Waals surface area contributed by atoms with Gasteiger partial charge in [0.2, 0.25) is 0 Å². The number of thiazole rings is 1. The monoisotopic (exact) mass is 395 g/mol. The second kappa shape index (κ2) is 7.76. The van der Waals surface area contributed by atoms with E-state index in [2.05, 4.69) is 14.6 Å². The number of benzene rings is 1. The molecule has 0 saturated carbocycles. The summed E-state index contributed by atoms with van der Waals surface area (Å²) in [6.07, 6.45) is 1.93. The minimum Gasteiger partial charge on any atom is -0.459 e. The average Bonchev–Trinajstić information content (AvgIpc) is 3.22. The van der Waals surface area contributed by atoms with Crippen molar-refractivity contribution in [2.75, 3.05) is 0 Å². The van der Waals surface area contributed by atoms with Gasteiger partial charge in [0.05, 0.1) is 20.6 Å². The maximum Gasteiger partial charge on any atom is 0.312 e. The van der Waals surface area contributed by atoms with E-state index in [1.165, 1.54) is 0 Å². The van der Waals surface area contributed by atoms with E-state index in [0.29, 0.717) is 29.3 Å². The van der Waals surface area contributed by atoms with Crippen LogP contribution in [0.1, 0.15) is 37.4 Å². The van der Waals surface area contributed by atoms with Gasteiger partial charge in [-0.05, 0) is 25.0 Å². The fourth-order valence-corrected chi connectivity index (χ4v) is 4.43. The number of ether oxygens (including phenoxy) is 1. The van der Waals surface area contributed by atoms with Crippen LogP contribution >= 0.6 is 34.5 Å². The van der Waals surface area contributed by atoms with Gasteiger partial charge in [0.1, 0.15) is 16.6 Å². The predicted molar refractivity (Wildman–Crippen MR) is 101 cm³/mol. The lowest BCUT2D eigenvalue weighted by atomic mass is 9.79.